The molecule has 4 nitrogen and oxygen atoms in total. The molecule has 0 aromatic heterocycles. The average molecular weight is 197 g/mol. The van der Waals surface area contributed by atoms with E-state index in [1.165, 1.54) is 12.8 Å². The summed E-state index contributed by atoms with van der Waals surface area (Å²) >= 11 is 0. The predicted molar refractivity (Wildman–Crippen MR) is 54.8 cm³/mol. The summed E-state index contributed by atoms with van der Waals surface area (Å²) in [6.07, 6.45) is 5.30. The van der Waals surface area contributed by atoms with E-state index >= 15 is 0 Å². The minimum Gasteiger partial charge on any atom is -0.353 e. The second-order valence-electron chi connectivity index (χ2n) is 4.42. The lowest BCUT2D eigenvalue weighted by Crippen LogP contribution is -2.42. The number of carbonyl (C=O) groups excluding carboxylic acids is 1. The molecule has 1 unspecified atom stereocenters. The van der Waals surface area contributed by atoms with Crippen molar-refractivity contribution in [3.8, 4) is 0 Å². The molecule has 1 amide bonds. The summed E-state index contributed by atoms with van der Waals surface area (Å²) in [6, 6.07) is 1.25. The van der Waals surface area contributed by atoms with E-state index < -0.39 is 0 Å². The van der Waals surface area contributed by atoms with E-state index in [1.807, 2.05) is 0 Å². The maximum Gasteiger partial charge on any atom is 0.221 e. The van der Waals surface area contributed by atoms with Crippen LogP contribution >= 0.6 is 0 Å². The predicted octanol–water partition coefficient (Wildman–Crippen LogP) is -0.266. The highest BCUT2D eigenvalue weighted by Gasteiger charge is 2.27. The minimum absolute atomic E-state index is 0.149. The zero-order chi connectivity index (χ0) is 9.97. The molecular formula is C10H19N3O. The first-order valence-corrected chi connectivity index (χ1v) is 5.53. The molecule has 2 aliphatic carbocycles. The number of carbonyl (C=O) groups is 1. The standard InChI is InChI=1S/C10H19N3O/c11-6-9(12-7-1-2-7)5-10(14)13-8-3-4-8/h7-9,12H,1-6,11H2,(H,13,14). The van der Waals surface area contributed by atoms with Crippen molar-refractivity contribution < 1.29 is 4.79 Å². The first-order chi connectivity index (χ1) is 6.78. The molecule has 4 N–H and O–H groups in total. The van der Waals surface area contributed by atoms with Gasteiger partial charge in [0.15, 0.2) is 0 Å². The van der Waals surface area contributed by atoms with Gasteiger partial charge in [0.2, 0.25) is 5.91 Å². The molecule has 80 valence electrons. The van der Waals surface area contributed by atoms with Crippen molar-refractivity contribution in [2.75, 3.05) is 6.54 Å². The maximum absolute atomic E-state index is 11.5. The van der Waals surface area contributed by atoms with E-state index in [1.54, 1.807) is 0 Å². The molecule has 0 radical (unpaired) electrons. The first-order valence-electron chi connectivity index (χ1n) is 5.53. The van der Waals surface area contributed by atoms with Gasteiger partial charge in [-0.2, -0.15) is 0 Å². The smallest absolute Gasteiger partial charge is 0.221 e. The Kier molecular flexibility index (Phi) is 3.03. The van der Waals surface area contributed by atoms with E-state index in [2.05, 4.69) is 10.6 Å². The van der Waals surface area contributed by atoms with Crippen molar-refractivity contribution in [1.82, 2.24) is 10.6 Å². The van der Waals surface area contributed by atoms with E-state index in [0.717, 1.165) is 12.8 Å². The third-order valence-corrected chi connectivity index (χ3v) is 2.71. The van der Waals surface area contributed by atoms with Crippen LogP contribution in [-0.4, -0.2) is 30.6 Å². The molecule has 0 aliphatic heterocycles. The highest BCUT2D eigenvalue weighted by molar-refractivity contribution is 5.77. The first kappa shape index (κ1) is 9.93. The number of rotatable bonds is 6. The molecule has 2 aliphatic rings. The van der Waals surface area contributed by atoms with Crippen LogP contribution in [0.5, 0.6) is 0 Å². The SMILES string of the molecule is NCC(CC(=O)NC1CC1)NC1CC1. The Morgan fingerprint density at radius 1 is 1.29 bits per heavy atom. The largest absolute Gasteiger partial charge is 0.353 e. The zero-order valence-corrected chi connectivity index (χ0v) is 8.46. The second kappa shape index (κ2) is 4.28. The minimum atomic E-state index is 0.149. The van der Waals surface area contributed by atoms with Gasteiger partial charge < -0.3 is 16.4 Å². The van der Waals surface area contributed by atoms with Gasteiger partial charge >= 0.3 is 0 Å². The van der Waals surface area contributed by atoms with Gasteiger partial charge in [0, 0.05) is 31.1 Å². The van der Waals surface area contributed by atoms with Crippen molar-refractivity contribution in [3.05, 3.63) is 0 Å². The number of amides is 1. The van der Waals surface area contributed by atoms with Crippen LogP contribution in [0.25, 0.3) is 0 Å². The Hall–Kier alpha value is -0.610. The lowest BCUT2D eigenvalue weighted by Gasteiger charge is -2.15. The molecular weight excluding hydrogens is 178 g/mol. The van der Waals surface area contributed by atoms with Gasteiger partial charge in [0.1, 0.15) is 0 Å². The maximum atomic E-state index is 11.5. The fourth-order valence-corrected chi connectivity index (χ4v) is 1.53. The van der Waals surface area contributed by atoms with Gasteiger partial charge in [-0.15, -0.1) is 0 Å². The molecule has 0 bridgehead atoms. The fraction of sp³-hybridized carbons (Fsp3) is 0.900. The Bertz CT molecular complexity index is 211. The summed E-state index contributed by atoms with van der Waals surface area (Å²) < 4.78 is 0. The van der Waals surface area contributed by atoms with Crippen molar-refractivity contribution in [3.63, 3.8) is 0 Å². The summed E-state index contributed by atoms with van der Waals surface area (Å²) in [6.45, 7) is 0.550. The number of hydrogen-bond acceptors (Lipinski definition) is 3. The second-order valence-corrected chi connectivity index (χ2v) is 4.42. The van der Waals surface area contributed by atoms with Crippen LogP contribution in [0, 0.1) is 0 Å². The van der Waals surface area contributed by atoms with Gasteiger partial charge in [-0.05, 0) is 25.7 Å². The van der Waals surface area contributed by atoms with E-state index in [0.29, 0.717) is 25.0 Å². The van der Waals surface area contributed by atoms with Gasteiger partial charge in [-0.3, -0.25) is 4.79 Å². The number of nitrogens with two attached hydrogens (primary N) is 1. The van der Waals surface area contributed by atoms with Crippen LogP contribution in [0.2, 0.25) is 0 Å². The zero-order valence-electron chi connectivity index (χ0n) is 8.46. The molecule has 0 aromatic carbocycles. The van der Waals surface area contributed by atoms with E-state index in [4.69, 9.17) is 5.73 Å². The number of nitrogens with one attached hydrogen (secondary N) is 2. The molecule has 2 saturated carbocycles. The van der Waals surface area contributed by atoms with Crippen molar-refractivity contribution in [2.45, 2.75) is 50.2 Å². The third kappa shape index (κ3) is 3.27. The van der Waals surface area contributed by atoms with Gasteiger partial charge in [0.05, 0.1) is 0 Å². The van der Waals surface area contributed by atoms with Crippen LogP contribution in [0.1, 0.15) is 32.1 Å². The molecule has 1 atom stereocenters. The van der Waals surface area contributed by atoms with Gasteiger partial charge in [-0.25, -0.2) is 0 Å². The molecule has 0 spiro atoms. The Morgan fingerprint density at radius 2 is 1.93 bits per heavy atom. The Balaban J connectivity index is 1.65. The van der Waals surface area contributed by atoms with Crippen molar-refractivity contribution in [2.24, 2.45) is 5.73 Å². The molecule has 2 fully saturated rings. The van der Waals surface area contributed by atoms with Crippen LogP contribution in [0.15, 0.2) is 0 Å². The van der Waals surface area contributed by atoms with Gasteiger partial charge in [0.25, 0.3) is 0 Å². The van der Waals surface area contributed by atoms with E-state index in [9.17, 15) is 4.79 Å². The summed E-state index contributed by atoms with van der Waals surface area (Å²) in [7, 11) is 0. The van der Waals surface area contributed by atoms with Crippen LogP contribution in [0.3, 0.4) is 0 Å². The Morgan fingerprint density at radius 3 is 2.43 bits per heavy atom. The lowest BCUT2D eigenvalue weighted by molar-refractivity contribution is -0.121. The Labute approximate surface area is 84.6 Å². The lowest BCUT2D eigenvalue weighted by atomic mass is 10.2. The molecule has 14 heavy (non-hydrogen) atoms. The average Bonchev–Trinajstić information content (AvgIpc) is 2.97. The normalized spacial score (nSPS) is 23.2. The van der Waals surface area contributed by atoms with Crippen LogP contribution in [-0.2, 0) is 4.79 Å². The summed E-state index contributed by atoms with van der Waals surface area (Å²) in [4.78, 5) is 11.5. The van der Waals surface area contributed by atoms with E-state index in [-0.39, 0.29) is 11.9 Å². The summed E-state index contributed by atoms with van der Waals surface area (Å²) in [5, 5.41) is 6.36. The summed E-state index contributed by atoms with van der Waals surface area (Å²) in [5.74, 6) is 0.149. The highest BCUT2D eigenvalue weighted by Crippen LogP contribution is 2.20. The quantitative estimate of drug-likeness (QED) is 0.549. The van der Waals surface area contributed by atoms with Crippen LogP contribution in [0.4, 0.5) is 0 Å². The molecule has 0 heterocycles. The van der Waals surface area contributed by atoms with Crippen molar-refractivity contribution >= 4 is 5.91 Å². The third-order valence-electron chi connectivity index (χ3n) is 2.71. The highest BCUT2D eigenvalue weighted by atomic mass is 16.1. The number of hydrogen-bond donors (Lipinski definition) is 3. The molecule has 2 rings (SSSR count). The van der Waals surface area contributed by atoms with Gasteiger partial charge in [-0.1, -0.05) is 0 Å². The fourth-order valence-electron chi connectivity index (χ4n) is 1.53. The molecule has 4 heteroatoms. The molecule has 0 saturated heterocycles. The molecule has 0 aromatic rings. The topological polar surface area (TPSA) is 67.2 Å². The monoisotopic (exact) mass is 197 g/mol. The van der Waals surface area contributed by atoms with Crippen LogP contribution < -0.4 is 16.4 Å². The van der Waals surface area contributed by atoms with Crippen molar-refractivity contribution in [1.29, 1.82) is 0 Å². The summed E-state index contributed by atoms with van der Waals surface area (Å²) in [5.41, 5.74) is 5.60.